The standard InChI is InChI=1S/C10H13NO/c1-10(2,3)8-4-5-9(12)11-7-6-8/h4-7H,1-3H3. The van der Waals surface area contributed by atoms with Crippen LogP contribution in [-0.2, 0) is 5.41 Å². The van der Waals surface area contributed by atoms with Crippen LogP contribution in [0.25, 0.3) is 0 Å². The maximum Gasteiger partial charge on any atom is 0.269 e. The van der Waals surface area contributed by atoms with Crippen LogP contribution >= 0.6 is 0 Å². The van der Waals surface area contributed by atoms with Gasteiger partial charge < -0.3 is 0 Å². The Labute approximate surface area is 72.3 Å². The second kappa shape index (κ2) is 3.05. The smallest absolute Gasteiger partial charge is 0.267 e. The zero-order chi connectivity index (χ0) is 9.19. The quantitative estimate of drug-likeness (QED) is 0.583. The van der Waals surface area contributed by atoms with Gasteiger partial charge in [-0.05, 0) is 17.0 Å². The Morgan fingerprint density at radius 3 is 2.42 bits per heavy atom. The molecule has 12 heavy (non-hydrogen) atoms. The van der Waals surface area contributed by atoms with Gasteiger partial charge in [0.1, 0.15) is 0 Å². The summed E-state index contributed by atoms with van der Waals surface area (Å²) in [4.78, 5) is 14.5. The number of hydrogen-bond acceptors (Lipinski definition) is 2. The second-order valence-corrected chi connectivity index (χ2v) is 3.82. The molecule has 1 rings (SSSR count). The van der Waals surface area contributed by atoms with Crippen molar-refractivity contribution in [3.8, 4) is 0 Å². The average Bonchev–Trinajstić information content (AvgIpc) is 2.11. The van der Waals surface area contributed by atoms with E-state index in [0.717, 1.165) is 5.56 Å². The summed E-state index contributed by atoms with van der Waals surface area (Å²) >= 11 is 0. The highest BCUT2D eigenvalue weighted by atomic mass is 16.1. The first-order chi connectivity index (χ1) is 5.50. The fourth-order valence-electron chi connectivity index (χ4n) is 0.951. The Hall–Kier alpha value is -1.18. The molecule has 0 saturated heterocycles. The van der Waals surface area contributed by atoms with Crippen LogP contribution in [0.2, 0.25) is 0 Å². The molecule has 0 aliphatic heterocycles. The fraction of sp³-hybridized carbons (Fsp3) is 0.400. The lowest BCUT2D eigenvalue weighted by molar-refractivity contribution is 0.591. The van der Waals surface area contributed by atoms with Crippen molar-refractivity contribution in [3.05, 3.63) is 40.3 Å². The molecule has 64 valence electrons. The fourth-order valence-corrected chi connectivity index (χ4v) is 0.951. The van der Waals surface area contributed by atoms with Gasteiger partial charge in [0.05, 0.1) is 0 Å². The topological polar surface area (TPSA) is 30.0 Å². The van der Waals surface area contributed by atoms with Gasteiger partial charge >= 0.3 is 0 Å². The summed E-state index contributed by atoms with van der Waals surface area (Å²) in [5.74, 6) is 0. The summed E-state index contributed by atoms with van der Waals surface area (Å²) < 4.78 is 0. The molecule has 0 aromatic carbocycles. The van der Waals surface area contributed by atoms with Crippen molar-refractivity contribution in [2.24, 2.45) is 0 Å². The van der Waals surface area contributed by atoms with Crippen molar-refractivity contribution < 1.29 is 0 Å². The Morgan fingerprint density at radius 2 is 1.83 bits per heavy atom. The highest BCUT2D eigenvalue weighted by Gasteiger charge is 2.11. The molecule has 0 spiro atoms. The van der Waals surface area contributed by atoms with Crippen LogP contribution in [0.5, 0.6) is 0 Å². The van der Waals surface area contributed by atoms with Crippen LogP contribution in [0.1, 0.15) is 26.3 Å². The number of hydrogen-bond donors (Lipinski definition) is 0. The molecular weight excluding hydrogens is 150 g/mol. The van der Waals surface area contributed by atoms with Gasteiger partial charge in [0.15, 0.2) is 0 Å². The van der Waals surface area contributed by atoms with Gasteiger partial charge in [-0.2, -0.15) is 0 Å². The minimum atomic E-state index is -0.189. The Balaban J connectivity index is 3.23. The van der Waals surface area contributed by atoms with E-state index in [2.05, 4.69) is 25.8 Å². The highest BCUT2D eigenvalue weighted by molar-refractivity contribution is 5.18. The molecule has 2 nitrogen and oxygen atoms in total. The van der Waals surface area contributed by atoms with Crippen molar-refractivity contribution in [3.63, 3.8) is 0 Å². The predicted octanol–water partition coefficient (Wildman–Crippen LogP) is 1.74. The molecule has 0 N–H and O–H groups in total. The van der Waals surface area contributed by atoms with Crippen LogP contribution in [0.3, 0.4) is 0 Å². The minimum absolute atomic E-state index is 0.0765. The Morgan fingerprint density at radius 1 is 1.17 bits per heavy atom. The Kier molecular flexibility index (Phi) is 2.27. The van der Waals surface area contributed by atoms with Crippen LogP contribution in [-0.4, -0.2) is 4.98 Å². The number of rotatable bonds is 0. The van der Waals surface area contributed by atoms with Gasteiger partial charge in [0, 0.05) is 12.3 Å². The first-order valence-corrected chi connectivity index (χ1v) is 3.97. The average molecular weight is 163 g/mol. The van der Waals surface area contributed by atoms with Crippen molar-refractivity contribution in [1.29, 1.82) is 0 Å². The van der Waals surface area contributed by atoms with Gasteiger partial charge in [-0.3, -0.25) is 4.79 Å². The van der Waals surface area contributed by atoms with Crippen molar-refractivity contribution >= 4 is 0 Å². The third-order valence-corrected chi connectivity index (χ3v) is 1.73. The van der Waals surface area contributed by atoms with E-state index in [9.17, 15) is 4.79 Å². The third-order valence-electron chi connectivity index (χ3n) is 1.73. The van der Waals surface area contributed by atoms with Crippen LogP contribution in [0.4, 0.5) is 0 Å². The van der Waals surface area contributed by atoms with Crippen LogP contribution in [0, 0.1) is 0 Å². The van der Waals surface area contributed by atoms with Crippen molar-refractivity contribution in [2.75, 3.05) is 0 Å². The van der Waals surface area contributed by atoms with Crippen LogP contribution < -0.4 is 5.56 Å². The van der Waals surface area contributed by atoms with Crippen molar-refractivity contribution in [1.82, 2.24) is 4.98 Å². The first kappa shape index (κ1) is 8.91. The maximum absolute atomic E-state index is 10.8. The highest BCUT2D eigenvalue weighted by Crippen LogP contribution is 2.19. The predicted molar refractivity (Wildman–Crippen MR) is 49.2 cm³/mol. The molecule has 0 bridgehead atoms. The zero-order valence-electron chi connectivity index (χ0n) is 7.66. The minimum Gasteiger partial charge on any atom is -0.267 e. The third kappa shape index (κ3) is 2.16. The lowest BCUT2D eigenvalue weighted by Gasteiger charge is -2.16. The summed E-state index contributed by atoms with van der Waals surface area (Å²) in [6, 6.07) is 5.21. The molecule has 0 radical (unpaired) electrons. The van der Waals surface area contributed by atoms with Gasteiger partial charge in [-0.1, -0.05) is 26.8 Å². The van der Waals surface area contributed by atoms with E-state index in [1.807, 2.05) is 12.1 Å². The lowest BCUT2D eigenvalue weighted by atomic mass is 9.88. The molecule has 0 saturated carbocycles. The molecular formula is C10H13NO. The molecule has 0 atom stereocenters. The van der Waals surface area contributed by atoms with E-state index in [1.54, 1.807) is 6.20 Å². The zero-order valence-corrected chi connectivity index (χ0v) is 7.66. The van der Waals surface area contributed by atoms with E-state index in [4.69, 9.17) is 0 Å². The molecule has 0 aliphatic carbocycles. The summed E-state index contributed by atoms with van der Waals surface area (Å²) in [5, 5.41) is 0. The van der Waals surface area contributed by atoms with Gasteiger partial charge in [0.2, 0.25) is 0 Å². The van der Waals surface area contributed by atoms with Gasteiger partial charge in [0.25, 0.3) is 5.56 Å². The lowest BCUT2D eigenvalue weighted by Crippen LogP contribution is -2.09. The SMILES string of the molecule is CC(C)(C)c1ccnc(=O)cc1. The van der Waals surface area contributed by atoms with Crippen molar-refractivity contribution in [2.45, 2.75) is 26.2 Å². The summed E-state index contributed by atoms with van der Waals surface area (Å²) in [5.41, 5.74) is 1.01. The molecule has 0 fully saturated rings. The number of aromatic nitrogens is 1. The summed E-state index contributed by atoms with van der Waals surface area (Å²) in [6.07, 6.45) is 1.56. The van der Waals surface area contributed by atoms with Gasteiger partial charge in [-0.15, -0.1) is 0 Å². The summed E-state index contributed by atoms with van der Waals surface area (Å²) in [6.45, 7) is 6.31. The van der Waals surface area contributed by atoms with E-state index < -0.39 is 0 Å². The van der Waals surface area contributed by atoms with Gasteiger partial charge in [-0.25, -0.2) is 4.98 Å². The molecule has 2 heteroatoms. The molecule has 1 heterocycles. The van der Waals surface area contributed by atoms with E-state index in [0.29, 0.717) is 0 Å². The van der Waals surface area contributed by atoms with Crippen LogP contribution in [0.15, 0.2) is 29.2 Å². The maximum atomic E-state index is 10.8. The largest absolute Gasteiger partial charge is 0.269 e. The molecule has 0 unspecified atom stereocenters. The monoisotopic (exact) mass is 163 g/mol. The van der Waals surface area contributed by atoms with E-state index in [-0.39, 0.29) is 11.0 Å². The Bertz CT molecular complexity index is 325. The molecule has 1 aromatic rings. The molecule has 0 amide bonds. The first-order valence-electron chi connectivity index (χ1n) is 3.97. The van der Waals surface area contributed by atoms with E-state index in [1.165, 1.54) is 6.07 Å². The molecule has 0 aliphatic rings. The number of nitrogens with zero attached hydrogens (tertiary/aromatic N) is 1. The summed E-state index contributed by atoms with van der Waals surface area (Å²) in [7, 11) is 0. The second-order valence-electron chi connectivity index (χ2n) is 3.82. The normalized spacial score (nSPS) is 11.2. The molecule has 1 aromatic heterocycles. The van der Waals surface area contributed by atoms with E-state index >= 15 is 0 Å².